The fourth-order valence-electron chi connectivity index (χ4n) is 3.02. The largest absolute Gasteiger partial charge is 0.496 e. The number of anilines is 2. The monoisotopic (exact) mass is 541 g/mol. The third-order valence-corrected chi connectivity index (χ3v) is 7.75. The molecule has 10 nitrogen and oxygen atoms in total. The van der Waals surface area contributed by atoms with E-state index in [1.807, 2.05) is 24.3 Å². The maximum absolute atomic E-state index is 12.4. The molecule has 0 unspecified atom stereocenters. The van der Waals surface area contributed by atoms with Crippen molar-refractivity contribution in [2.45, 2.75) is 9.37 Å². The van der Waals surface area contributed by atoms with E-state index in [1.165, 1.54) is 60.2 Å². The number of benzene rings is 2. The highest BCUT2D eigenvalue weighted by Gasteiger charge is 2.18. The molecule has 0 saturated carbocycles. The number of carbonyl (C=O) groups excluding carboxylic acids is 2. The number of hydrogen-bond acceptors (Lipinski definition) is 10. The van der Waals surface area contributed by atoms with Crippen molar-refractivity contribution < 1.29 is 19.2 Å². The Bertz CT molecular complexity index is 1410. The second-order valence-electron chi connectivity index (χ2n) is 7.14. The Labute approximate surface area is 218 Å². The van der Waals surface area contributed by atoms with Crippen LogP contribution in [0, 0.1) is 10.1 Å². The van der Waals surface area contributed by atoms with Crippen LogP contribution >= 0.6 is 34.9 Å². The van der Waals surface area contributed by atoms with Crippen LogP contribution in [0.1, 0.15) is 0 Å². The highest BCUT2D eigenvalue weighted by atomic mass is 32.2. The van der Waals surface area contributed by atoms with E-state index >= 15 is 0 Å². The number of pyridine rings is 1. The van der Waals surface area contributed by atoms with E-state index in [4.69, 9.17) is 4.74 Å². The second-order valence-corrected chi connectivity index (χ2v) is 10.4. The van der Waals surface area contributed by atoms with Crippen LogP contribution in [-0.2, 0) is 9.59 Å². The van der Waals surface area contributed by atoms with Gasteiger partial charge in [0.15, 0.2) is 4.34 Å². The van der Waals surface area contributed by atoms with Crippen molar-refractivity contribution in [3.8, 4) is 5.75 Å². The molecule has 36 heavy (non-hydrogen) atoms. The number of carbonyl (C=O) groups is 2. The molecule has 2 N–H and O–H groups in total. The number of nitro groups is 1. The summed E-state index contributed by atoms with van der Waals surface area (Å²) in [6.07, 6.45) is 1.68. The number of amides is 2. The normalized spacial score (nSPS) is 10.7. The molecule has 0 radical (unpaired) electrons. The van der Waals surface area contributed by atoms with Crippen LogP contribution in [0.15, 0.2) is 70.2 Å². The zero-order valence-corrected chi connectivity index (χ0v) is 21.2. The first kappa shape index (κ1) is 25.4. The van der Waals surface area contributed by atoms with Gasteiger partial charge in [0, 0.05) is 11.9 Å². The molecule has 4 rings (SSSR count). The smallest absolute Gasteiger partial charge is 0.296 e. The zero-order chi connectivity index (χ0) is 25.5. The van der Waals surface area contributed by atoms with Gasteiger partial charge in [-0.1, -0.05) is 29.6 Å². The zero-order valence-electron chi connectivity index (χ0n) is 18.8. The molecule has 13 heteroatoms. The molecule has 4 aromatic rings. The lowest BCUT2D eigenvalue weighted by atomic mass is 10.2. The Kier molecular flexibility index (Phi) is 8.36. The summed E-state index contributed by atoms with van der Waals surface area (Å²) in [6.45, 7) is 0. The first-order valence-electron chi connectivity index (χ1n) is 10.4. The van der Waals surface area contributed by atoms with Gasteiger partial charge >= 0.3 is 0 Å². The molecule has 2 aromatic carbocycles. The van der Waals surface area contributed by atoms with Crippen LogP contribution in [0.25, 0.3) is 10.2 Å². The Morgan fingerprint density at radius 3 is 2.61 bits per heavy atom. The number of methoxy groups -OCH3 is 1. The average Bonchev–Trinajstić information content (AvgIpc) is 3.29. The number of aromatic nitrogens is 2. The highest BCUT2D eigenvalue weighted by molar-refractivity contribution is 8.01. The maximum Gasteiger partial charge on any atom is 0.296 e. The summed E-state index contributed by atoms with van der Waals surface area (Å²) in [5, 5.41) is 17.5. The van der Waals surface area contributed by atoms with Gasteiger partial charge in [-0.25, -0.2) is 9.97 Å². The third kappa shape index (κ3) is 6.71. The highest BCUT2D eigenvalue weighted by Crippen LogP contribution is 2.32. The number of nitro benzene ring substituents is 1. The molecule has 2 heterocycles. The number of nitrogens with zero attached hydrogens (tertiary/aromatic N) is 3. The van der Waals surface area contributed by atoms with E-state index in [9.17, 15) is 19.7 Å². The summed E-state index contributed by atoms with van der Waals surface area (Å²) in [6, 6.07) is 15.2. The van der Waals surface area contributed by atoms with Gasteiger partial charge in [-0.05, 0) is 42.5 Å². The van der Waals surface area contributed by atoms with Crippen molar-refractivity contribution in [2.24, 2.45) is 0 Å². The molecule has 184 valence electrons. The Morgan fingerprint density at radius 1 is 1.06 bits per heavy atom. The lowest BCUT2D eigenvalue weighted by Crippen LogP contribution is -2.15. The van der Waals surface area contributed by atoms with Gasteiger partial charge in [0.1, 0.15) is 11.4 Å². The van der Waals surface area contributed by atoms with Crippen molar-refractivity contribution in [2.75, 3.05) is 29.2 Å². The van der Waals surface area contributed by atoms with E-state index in [2.05, 4.69) is 20.6 Å². The van der Waals surface area contributed by atoms with Crippen LogP contribution in [0.3, 0.4) is 0 Å². The van der Waals surface area contributed by atoms with E-state index < -0.39 is 10.8 Å². The molecule has 0 fully saturated rings. The maximum atomic E-state index is 12.4. The molecule has 0 spiro atoms. The van der Waals surface area contributed by atoms with Crippen LogP contribution in [-0.4, -0.2) is 45.3 Å². The lowest BCUT2D eigenvalue weighted by Gasteiger charge is -2.07. The number of thiazole rings is 1. The van der Waals surface area contributed by atoms with Gasteiger partial charge in [-0.3, -0.25) is 19.7 Å². The molecule has 2 amide bonds. The SMILES string of the molecule is COc1ccc(NC(=O)CSc2nc3ccc(NC(=O)CSc4ccccn4)cc3s2)c([N+](=O)[O-])c1. The third-order valence-electron chi connectivity index (χ3n) is 4.64. The first-order chi connectivity index (χ1) is 17.4. The second kappa shape index (κ2) is 11.8. The Morgan fingerprint density at radius 2 is 1.86 bits per heavy atom. The lowest BCUT2D eigenvalue weighted by molar-refractivity contribution is -0.384. The summed E-state index contributed by atoms with van der Waals surface area (Å²) in [5.41, 5.74) is 1.24. The molecule has 2 aromatic heterocycles. The van der Waals surface area contributed by atoms with Gasteiger partial charge in [0.05, 0.1) is 44.8 Å². The van der Waals surface area contributed by atoms with Gasteiger partial charge in [0.25, 0.3) is 5.69 Å². The fourth-order valence-corrected chi connectivity index (χ4v) is 5.59. The quantitative estimate of drug-likeness (QED) is 0.160. The van der Waals surface area contributed by atoms with Crippen molar-refractivity contribution in [3.05, 3.63) is 70.9 Å². The van der Waals surface area contributed by atoms with Crippen LogP contribution in [0.2, 0.25) is 0 Å². The molecule has 0 atom stereocenters. The summed E-state index contributed by atoms with van der Waals surface area (Å²) in [7, 11) is 1.41. The van der Waals surface area contributed by atoms with Gasteiger partial charge in [0.2, 0.25) is 11.8 Å². The summed E-state index contributed by atoms with van der Waals surface area (Å²) >= 11 is 3.97. The first-order valence-corrected chi connectivity index (χ1v) is 13.2. The van der Waals surface area contributed by atoms with E-state index in [1.54, 1.807) is 18.3 Å². The summed E-state index contributed by atoms with van der Waals surface area (Å²) in [4.78, 5) is 44.1. The molecule has 0 bridgehead atoms. The molecule has 0 aliphatic heterocycles. The number of ether oxygens (including phenoxy) is 1. The van der Waals surface area contributed by atoms with Crippen LogP contribution in [0.5, 0.6) is 5.75 Å². The summed E-state index contributed by atoms with van der Waals surface area (Å²) in [5.74, 6) is 0.0443. The van der Waals surface area contributed by atoms with Gasteiger partial charge in [-0.2, -0.15) is 0 Å². The Hall–Kier alpha value is -3.68. The van der Waals surface area contributed by atoms with E-state index in [-0.39, 0.29) is 28.8 Å². The number of rotatable bonds is 10. The average molecular weight is 542 g/mol. The minimum absolute atomic E-state index is 0.0251. The minimum atomic E-state index is -0.577. The van der Waals surface area contributed by atoms with Crippen LogP contribution < -0.4 is 15.4 Å². The Balaban J connectivity index is 1.33. The van der Waals surface area contributed by atoms with E-state index in [0.717, 1.165) is 15.2 Å². The van der Waals surface area contributed by atoms with Crippen molar-refractivity contribution in [1.82, 2.24) is 9.97 Å². The van der Waals surface area contributed by atoms with Crippen molar-refractivity contribution in [3.63, 3.8) is 0 Å². The molecule has 0 aliphatic carbocycles. The number of thioether (sulfide) groups is 2. The molecular formula is C23H19N5O5S3. The molecule has 0 aliphatic rings. The van der Waals surface area contributed by atoms with Gasteiger partial charge in [-0.15, -0.1) is 11.3 Å². The predicted octanol–water partition coefficient (Wildman–Crippen LogP) is 5.07. The molecular weight excluding hydrogens is 522 g/mol. The standard InChI is InChI=1S/C23H19N5O5S3/c1-33-15-6-8-16(18(11-15)28(31)32)26-21(30)13-35-23-27-17-7-5-14(10-19(17)36-23)25-20(29)12-34-22-4-2-3-9-24-22/h2-11H,12-13H2,1H3,(H,25,29)(H,26,30). The predicted molar refractivity (Wildman–Crippen MR) is 142 cm³/mol. The van der Waals surface area contributed by atoms with E-state index in [0.29, 0.717) is 15.8 Å². The number of fused-ring (bicyclic) bond motifs is 1. The summed E-state index contributed by atoms with van der Waals surface area (Å²) < 4.78 is 6.53. The fraction of sp³-hybridized carbons (Fsp3) is 0.130. The van der Waals surface area contributed by atoms with Crippen LogP contribution in [0.4, 0.5) is 17.1 Å². The number of nitrogens with one attached hydrogen (secondary N) is 2. The van der Waals surface area contributed by atoms with Crippen molar-refractivity contribution in [1.29, 1.82) is 0 Å². The van der Waals surface area contributed by atoms with Gasteiger partial charge < -0.3 is 15.4 Å². The van der Waals surface area contributed by atoms with Crippen molar-refractivity contribution >= 4 is 74.0 Å². The minimum Gasteiger partial charge on any atom is -0.496 e. The number of hydrogen-bond donors (Lipinski definition) is 2. The topological polar surface area (TPSA) is 136 Å². The molecule has 0 saturated heterocycles.